The van der Waals surface area contributed by atoms with Gasteiger partial charge >= 0.3 is 5.97 Å². The van der Waals surface area contributed by atoms with Crippen molar-refractivity contribution in [3.8, 4) is 0 Å². The van der Waals surface area contributed by atoms with E-state index in [-0.39, 0.29) is 10.8 Å². The minimum absolute atomic E-state index is 0.0886. The molecule has 0 amide bonds. The summed E-state index contributed by atoms with van der Waals surface area (Å²) in [6.45, 7) is 15.6. The number of rotatable bonds is 3. The van der Waals surface area contributed by atoms with Gasteiger partial charge in [0.1, 0.15) is 13.1 Å². The molecule has 2 aliphatic heterocycles. The molecule has 0 aromatic heterocycles. The zero-order valence-corrected chi connectivity index (χ0v) is 22.7. The predicted octanol–water partition coefficient (Wildman–Crippen LogP) is 6.34. The molecule has 0 unspecified atom stereocenters. The smallest absolute Gasteiger partial charge is 0.336 e. The van der Waals surface area contributed by atoms with Gasteiger partial charge in [-0.1, -0.05) is 46.8 Å². The van der Waals surface area contributed by atoms with Gasteiger partial charge in [0.25, 0.3) is 0 Å². The van der Waals surface area contributed by atoms with Crippen molar-refractivity contribution >= 4 is 22.9 Å². The van der Waals surface area contributed by atoms with Crippen LogP contribution < -0.4 is 4.90 Å². The second-order valence-electron chi connectivity index (χ2n) is 12.5. The van der Waals surface area contributed by atoms with Gasteiger partial charge in [-0.05, 0) is 81.2 Å². The van der Waals surface area contributed by atoms with Crippen molar-refractivity contribution < 1.29 is 14.5 Å². The molecule has 190 valence electrons. The standard InChI is InChI=1S/C33H36N2O2/c1-32(2,3)21-8-11-24(31(36)37)27(18-21)30-25-12-9-22(34-14-6-15-34)19-28(25)33(4,5)29-20-23(10-13-26(29)30)35-16-7-17-35/h8-13,18-20H,6-7,14-17H2,1-5H3/p+1. The number of carbonyl (C=O) groups is 1. The SMILES string of the molecule is CC(C)(C)c1ccc(C(=O)O)c(C2=C3C=CC(=[N+]4CCC4)C=C3C(C)(C)c3cc(N4CCC4)ccc32)c1. The number of nitrogens with zero attached hydrogens (tertiary/aromatic N) is 2. The normalized spacial score (nSPS) is 20.1. The van der Waals surface area contributed by atoms with E-state index in [0.29, 0.717) is 5.56 Å². The molecule has 6 rings (SSSR count). The van der Waals surface area contributed by atoms with Crippen molar-refractivity contribution in [2.24, 2.45) is 0 Å². The highest BCUT2D eigenvalue weighted by Gasteiger charge is 2.40. The Kier molecular flexibility index (Phi) is 5.38. The van der Waals surface area contributed by atoms with E-state index in [2.05, 4.69) is 86.6 Å². The quantitative estimate of drug-likeness (QED) is 0.508. The van der Waals surface area contributed by atoms with Crippen LogP contribution in [0.1, 0.15) is 80.1 Å². The Labute approximate surface area is 220 Å². The lowest BCUT2D eigenvalue weighted by atomic mass is 9.63. The molecule has 4 aliphatic rings. The highest BCUT2D eigenvalue weighted by molar-refractivity contribution is 6.08. The summed E-state index contributed by atoms with van der Waals surface area (Å²) in [5, 5.41) is 10.3. The molecule has 0 radical (unpaired) electrons. The molecule has 37 heavy (non-hydrogen) atoms. The molecule has 2 heterocycles. The number of hydrogen-bond acceptors (Lipinski definition) is 2. The van der Waals surface area contributed by atoms with Crippen LogP contribution in [0, 0.1) is 0 Å². The molecule has 4 nitrogen and oxygen atoms in total. The van der Waals surface area contributed by atoms with Gasteiger partial charge in [0.15, 0.2) is 5.71 Å². The molecule has 0 bridgehead atoms. The van der Waals surface area contributed by atoms with Crippen LogP contribution in [-0.4, -0.2) is 47.5 Å². The monoisotopic (exact) mass is 493 g/mol. The van der Waals surface area contributed by atoms with Crippen molar-refractivity contribution in [3.63, 3.8) is 0 Å². The molecule has 2 saturated heterocycles. The van der Waals surface area contributed by atoms with Crippen LogP contribution in [0.3, 0.4) is 0 Å². The Balaban J connectivity index is 1.66. The average molecular weight is 494 g/mol. The van der Waals surface area contributed by atoms with Gasteiger partial charge in [0, 0.05) is 36.3 Å². The van der Waals surface area contributed by atoms with Crippen LogP contribution in [0.25, 0.3) is 5.57 Å². The van der Waals surface area contributed by atoms with E-state index in [4.69, 9.17) is 0 Å². The molecule has 2 aromatic rings. The zero-order chi connectivity index (χ0) is 26.1. The third kappa shape index (κ3) is 3.80. The summed E-state index contributed by atoms with van der Waals surface area (Å²) < 4.78 is 2.44. The third-order valence-corrected chi connectivity index (χ3v) is 8.72. The lowest BCUT2D eigenvalue weighted by Gasteiger charge is -2.41. The van der Waals surface area contributed by atoms with E-state index in [1.807, 2.05) is 6.07 Å². The lowest BCUT2D eigenvalue weighted by Crippen LogP contribution is -2.38. The Morgan fingerprint density at radius 3 is 2.32 bits per heavy atom. The number of aromatic carboxylic acids is 1. The predicted molar refractivity (Wildman–Crippen MR) is 151 cm³/mol. The van der Waals surface area contributed by atoms with E-state index >= 15 is 0 Å². The second-order valence-corrected chi connectivity index (χ2v) is 12.5. The Bertz CT molecular complexity index is 1450. The summed E-state index contributed by atoms with van der Waals surface area (Å²) in [5.74, 6) is -0.884. The van der Waals surface area contributed by atoms with Crippen molar-refractivity contribution in [1.82, 2.24) is 0 Å². The Morgan fingerprint density at radius 1 is 0.973 bits per heavy atom. The lowest BCUT2D eigenvalue weighted by molar-refractivity contribution is -0.582. The summed E-state index contributed by atoms with van der Waals surface area (Å²) in [4.78, 5) is 15.0. The third-order valence-electron chi connectivity index (χ3n) is 8.72. The maximum atomic E-state index is 12.5. The Morgan fingerprint density at radius 2 is 1.73 bits per heavy atom. The second kappa shape index (κ2) is 8.31. The fraction of sp³-hybridized carbons (Fsp3) is 0.394. The zero-order valence-electron chi connectivity index (χ0n) is 22.7. The number of fused-ring (bicyclic) bond motifs is 2. The highest BCUT2D eigenvalue weighted by Crippen LogP contribution is 2.51. The van der Waals surface area contributed by atoms with E-state index < -0.39 is 5.97 Å². The number of carboxylic acids is 1. The van der Waals surface area contributed by atoms with Crippen molar-refractivity contribution in [3.05, 3.63) is 93.6 Å². The number of hydrogen-bond donors (Lipinski definition) is 1. The summed E-state index contributed by atoms with van der Waals surface area (Å²) in [6.07, 6.45) is 9.30. The highest BCUT2D eigenvalue weighted by atomic mass is 16.4. The van der Waals surface area contributed by atoms with Crippen LogP contribution in [0.2, 0.25) is 0 Å². The first-order valence-electron chi connectivity index (χ1n) is 13.6. The fourth-order valence-electron chi connectivity index (χ4n) is 6.06. The molecule has 2 aromatic carbocycles. The van der Waals surface area contributed by atoms with Crippen molar-refractivity contribution in [2.45, 2.75) is 58.3 Å². The molecular weight excluding hydrogens is 456 g/mol. The minimum Gasteiger partial charge on any atom is -0.478 e. The number of benzene rings is 2. The molecule has 0 atom stereocenters. The first kappa shape index (κ1) is 24.0. The van der Waals surface area contributed by atoms with Gasteiger partial charge in [-0.15, -0.1) is 0 Å². The molecular formula is C33H37N2O2+. The first-order chi connectivity index (χ1) is 17.6. The molecule has 2 fully saturated rings. The molecule has 0 saturated carbocycles. The number of carboxylic acid groups (broad SMARTS) is 1. The first-order valence-corrected chi connectivity index (χ1v) is 13.6. The molecule has 1 N–H and O–H groups in total. The van der Waals surface area contributed by atoms with Crippen molar-refractivity contribution in [1.29, 1.82) is 0 Å². The molecule has 2 aliphatic carbocycles. The summed E-state index contributed by atoms with van der Waals surface area (Å²) in [6, 6.07) is 12.7. The van der Waals surface area contributed by atoms with Crippen LogP contribution in [0.15, 0.2) is 65.8 Å². The number of allylic oxidation sites excluding steroid dienone is 5. The van der Waals surface area contributed by atoms with Crippen LogP contribution in [-0.2, 0) is 10.8 Å². The topological polar surface area (TPSA) is 43.5 Å². The van der Waals surface area contributed by atoms with E-state index in [1.165, 1.54) is 35.4 Å². The van der Waals surface area contributed by atoms with Gasteiger partial charge in [0.2, 0.25) is 0 Å². The van der Waals surface area contributed by atoms with E-state index in [1.54, 1.807) is 6.07 Å². The maximum absolute atomic E-state index is 12.5. The minimum atomic E-state index is -0.884. The van der Waals surface area contributed by atoms with Crippen LogP contribution >= 0.6 is 0 Å². The van der Waals surface area contributed by atoms with E-state index in [9.17, 15) is 9.90 Å². The fourth-order valence-corrected chi connectivity index (χ4v) is 6.06. The Hall–Kier alpha value is -3.40. The summed E-state index contributed by atoms with van der Waals surface area (Å²) in [5.41, 5.74) is 10.4. The van der Waals surface area contributed by atoms with Gasteiger partial charge < -0.3 is 10.0 Å². The van der Waals surface area contributed by atoms with Gasteiger partial charge in [-0.25, -0.2) is 9.37 Å². The van der Waals surface area contributed by atoms with Crippen LogP contribution in [0.4, 0.5) is 5.69 Å². The summed E-state index contributed by atoms with van der Waals surface area (Å²) in [7, 11) is 0. The number of anilines is 1. The molecule has 0 spiro atoms. The molecule has 4 heteroatoms. The van der Waals surface area contributed by atoms with Gasteiger partial charge in [0.05, 0.1) is 12.0 Å². The largest absolute Gasteiger partial charge is 0.478 e. The van der Waals surface area contributed by atoms with Crippen molar-refractivity contribution in [2.75, 3.05) is 31.1 Å². The maximum Gasteiger partial charge on any atom is 0.336 e. The average Bonchev–Trinajstić information content (AvgIpc) is 2.77. The summed E-state index contributed by atoms with van der Waals surface area (Å²) >= 11 is 0. The van der Waals surface area contributed by atoms with E-state index in [0.717, 1.165) is 54.0 Å². The van der Waals surface area contributed by atoms with Gasteiger partial charge in [-0.2, -0.15) is 0 Å². The van der Waals surface area contributed by atoms with Crippen LogP contribution in [0.5, 0.6) is 0 Å². The van der Waals surface area contributed by atoms with Gasteiger partial charge in [-0.3, -0.25) is 0 Å².